The Bertz CT molecular complexity index is 522. The molecular formula is C18H12Cl6MgSiZr+2. The van der Waals surface area contributed by atoms with Gasteiger partial charge in [-0.1, -0.05) is 48.6 Å². The summed E-state index contributed by atoms with van der Waals surface area (Å²) >= 11 is 13.0. The van der Waals surface area contributed by atoms with Gasteiger partial charge in [0.05, 0.1) is 0 Å². The fourth-order valence-corrected chi connectivity index (χ4v) is 6.98. The topological polar surface area (TPSA) is 0 Å². The van der Waals surface area contributed by atoms with Crippen LogP contribution in [0.1, 0.15) is 0 Å². The molecular weight excluding hydrogens is 573 g/mol. The standard InChI is InChI=1S/C18H12Cl2Si.4ClH.Mg.Zr/c19-21(20,17-11-9-13-5-1-3-7-15(13)17)18-12-10-14-6-2-4-8-16(14)18;;;;;;/h1-12H;4*1H;;/q;;;;;+2;+4/p-4. The Morgan fingerprint density at radius 3 is 1.33 bits per heavy atom. The molecule has 0 aromatic rings. The third kappa shape index (κ3) is 6.77. The van der Waals surface area contributed by atoms with Gasteiger partial charge < -0.3 is 24.8 Å². The zero-order chi connectivity index (χ0) is 17.2. The van der Waals surface area contributed by atoms with Crippen LogP contribution in [0.2, 0.25) is 0 Å². The predicted octanol–water partition coefficient (Wildman–Crippen LogP) is -0.468. The Morgan fingerprint density at radius 1 is 0.630 bits per heavy atom. The molecule has 4 aliphatic carbocycles. The van der Waals surface area contributed by atoms with E-state index < -0.39 is 27.5 Å². The molecule has 0 heterocycles. The molecule has 2 saturated carbocycles. The number of hydrogen-bond donors (Lipinski definition) is 0. The first-order valence-corrected chi connectivity index (χ1v) is 17.6. The maximum atomic E-state index is 6.93. The molecule has 0 nitrogen and oxygen atoms in total. The average molecular weight is 585 g/mol. The third-order valence-corrected chi connectivity index (χ3v) is 8.71. The second kappa shape index (κ2) is 13.9. The molecule has 10 radical (unpaired) electrons. The zero-order valence-corrected chi connectivity index (χ0v) is 23.3. The fraction of sp³-hybridized carbons (Fsp3) is 0. The van der Waals surface area contributed by atoms with Gasteiger partial charge in [-0.3, -0.25) is 0 Å². The normalized spacial score (nSPS) is 22.7. The molecule has 134 valence electrons. The van der Waals surface area contributed by atoms with Crippen LogP contribution in [0.4, 0.5) is 0 Å². The third-order valence-electron chi connectivity index (χ3n) is 4.04. The molecule has 0 spiro atoms. The molecule has 0 aromatic carbocycles. The Hall–Kier alpha value is 2.57. The van der Waals surface area contributed by atoms with Crippen LogP contribution in [0, 0.1) is 60.4 Å². The van der Waals surface area contributed by atoms with Gasteiger partial charge in [-0.05, 0) is 25.7 Å². The van der Waals surface area contributed by atoms with E-state index in [-0.39, 0.29) is 47.9 Å². The van der Waals surface area contributed by atoms with Crippen molar-refractivity contribution in [3.05, 3.63) is 109 Å². The van der Waals surface area contributed by atoms with Gasteiger partial charge in [0.2, 0.25) is 0 Å². The number of hydrogen-bond acceptors (Lipinski definition) is 0. The Labute approximate surface area is 221 Å². The minimum absolute atomic E-state index is 0. The van der Waals surface area contributed by atoms with E-state index in [1.54, 1.807) is 0 Å². The quantitative estimate of drug-likeness (QED) is 0.305. The molecule has 2 fully saturated rings. The number of rotatable bonds is 2. The minimum atomic E-state index is -2.74. The van der Waals surface area contributed by atoms with Crippen molar-refractivity contribution in [3.8, 4) is 0 Å². The second-order valence-electron chi connectivity index (χ2n) is 5.31. The van der Waals surface area contributed by atoms with Crippen molar-refractivity contribution in [1.82, 2.24) is 0 Å². The molecule has 4 aliphatic rings. The molecule has 0 N–H and O–H groups in total. The molecule has 0 amide bonds. The zero-order valence-electron chi connectivity index (χ0n) is 13.9. The van der Waals surface area contributed by atoms with Crippen molar-refractivity contribution in [2.75, 3.05) is 0 Å². The van der Waals surface area contributed by atoms with E-state index in [9.17, 15) is 0 Å². The monoisotopic (exact) mass is 580 g/mol. The molecule has 0 bridgehead atoms. The van der Waals surface area contributed by atoms with Crippen LogP contribution in [0.15, 0.2) is 48.6 Å². The summed E-state index contributed by atoms with van der Waals surface area (Å²) in [5.41, 5.74) is 2.16. The molecule has 9 heteroatoms. The maximum Gasteiger partial charge on any atom is 2.00 e. The molecule has 4 rings (SSSR count). The van der Waals surface area contributed by atoms with Gasteiger partial charge in [0.1, 0.15) is 0 Å². The molecule has 0 saturated heterocycles. The van der Waals surface area contributed by atoms with Crippen LogP contribution in [0.3, 0.4) is 0 Å². The van der Waals surface area contributed by atoms with Crippen molar-refractivity contribution in [2.45, 2.75) is 0 Å². The molecule has 0 aliphatic heterocycles. The van der Waals surface area contributed by atoms with Crippen molar-refractivity contribution in [1.29, 1.82) is 0 Å². The number of fused-ring (bicyclic) bond motifs is 2. The first kappa shape index (κ1) is 29.6. The summed E-state index contributed by atoms with van der Waals surface area (Å²) in [6.45, 7) is -2.74. The van der Waals surface area contributed by atoms with Crippen LogP contribution in [-0.2, 0) is 20.8 Å². The van der Waals surface area contributed by atoms with Crippen LogP contribution in [0.25, 0.3) is 0 Å². The van der Waals surface area contributed by atoms with Gasteiger partial charge in [0.15, 0.2) is 0 Å². The summed E-state index contributed by atoms with van der Waals surface area (Å²) in [5, 5.41) is 0. The Morgan fingerprint density at radius 2 is 0.963 bits per heavy atom. The average Bonchev–Trinajstić information content (AvgIpc) is 3.20. The van der Waals surface area contributed by atoms with Crippen LogP contribution in [0.5, 0.6) is 0 Å². The summed E-state index contributed by atoms with van der Waals surface area (Å²) in [6.07, 6.45) is 24.9. The first-order valence-electron chi connectivity index (χ1n) is 7.23. The van der Waals surface area contributed by atoms with Crippen molar-refractivity contribution < 1.29 is 45.7 Å². The Kier molecular flexibility index (Phi) is 15.2. The van der Waals surface area contributed by atoms with E-state index in [1.165, 1.54) is 23.7 Å². The van der Waals surface area contributed by atoms with Gasteiger partial charge in [0, 0.05) is 34.8 Å². The van der Waals surface area contributed by atoms with E-state index in [2.05, 4.69) is 50.0 Å². The van der Waals surface area contributed by atoms with Crippen molar-refractivity contribution in [2.24, 2.45) is 0 Å². The largest absolute Gasteiger partial charge is 2.00 e. The summed E-state index contributed by atoms with van der Waals surface area (Å²) in [5.74, 6) is 4.72. The van der Waals surface area contributed by atoms with Crippen molar-refractivity contribution >= 4 is 68.9 Å². The van der Waals surface area contributed by atoms with Gasteiger partial charge in [-0.15, -0.1) is 22.2 Å². The van der Waals surface area contributed by atoms with Gasteiger partial charge in [-0.25, -0.2) is 0 Å². The molecule has 0 atom stereocenters. The SMILES string of the molecule is Cl[Si](Cl)([C]1[CH][CH][C]2C=CC=C[C]21)[C]1[CH][CH][C]2C=CC=C[C]21.[Cl-].[Cl-].[Cl][Zr+2][Cl].[Mg+2]. The van der Waals surface area contributed by atoms with Gasteiger partial charge in [-0.2, -0.15) is 0 Å². The predicted molar refractivity (Wildman–Crippen MR) is 108 cm³/mol. The summed E-state index contributed by atoms with van der Waals surface area (Å²) in [6, 6.07) is 0. The van der Waals surface area contributed by atoms with Gasteiger partial charge in [0.25, 0.3) is 6.69 Å². The first-order chi connectivity index (χ1) is 11.6. The molecule has 0 unspecified atom stereocenters. The molecule has 27 heavy (non-hydrogen) atoms. The van der Waals surface area contributed by atoms with Crippen molar-refractivity contribution in [3.63, 3.8) is 0 Å². The number of halogens is 6. The smallest absolute Gasteiger partial charge is 2.00 e. The van der Waals surface area contributed by atoms with E-state index in [1.807, 2.05) is 24.3 Å². The van der Waals surface area contributed by atoms with E-state index in [4.69, 9.17) is 39.2 Å². The maximum absolute atomic E-state index is 6.93. The summed E-state index contributed by atoms with van der Waals surface area (Å²) < 4.78 is 0. The van der Waals surface area contributed by atoms with E-state index in [0.29, 0.717) is 0 Å². The van der Waals surface area contributed by atoms with Crippen LogP contribution < -0.4 is 24.8 Å². The fourth-order valence-electron chi connectivity index (χ4n) is 2.99. The Balaban J connectivity index is 0.00000106. The van der Waals surface area contributed by atoms with Crippen LogP contribution >= 0.6 is 39.2 Å². The summed E-state index contributed by atoms with van der Waals surface area (Å²) in [4.78, 5) is 0. The molecule has 0 aromatic heterocycles. The van der Waals surface area contributed by atoms with Crippen LogP contribution in [-0.4, -0.2) is 29.7 Å². The summed E-state index contributed by atoms with van der Waals surface area (Å²) in [7, 11) is 9.87. The van der Waals surface area contributed by atoms with E-state index >= 15 is 0 Å². The number of allylic oxidation sites excluding steroid dienone is 8. The van der Waals surface area contributed by atoms with E-state index in [0.717, 1.165) is 11.1 Å². The second-order valence-corrected chi connectivity index (χ2v) is 15.3. The minimum Gasteiger partial charge on any atom is 2.00 e. The van der Waals surface area contributed by atoms with Gasteiger partial charge >= 0.3 is 60.9 Å².